The van der Waals surface area contributed by atoms with Gasteiger partial charge in [0.1, 0.15) is 19.3 Å². The van der Waals surface area contributed by atoms with Crippen molar-refractivity contribution >= 4 is 12.0 Å². The number of aliphatic hydroxyl groups is 1. The monoisotopic (exact) mass is 728 g/mol. The second kappa shape index (κ2) is 20.9. The second-order valence-corrected chi connectivity index (χ2v) is 16.8. The summed E-state index contributed by atoms with van der Waals surface area (Å²) in [7, 11) is 4.17. The first kappa shape index (κ1) is 44.9. The minimum Gasteiger partial charge on any atom is -0.462 e. The van der Waals surface area contributed by atoms with Crippen molar-refractivity contribution in [3.05, 3.63) is 72.9 Å². The molecule has 1 N–H and O–H groups in total. The highest BCUT2D eigenvalue weighted by Crippen LogP contribution is 2.32. The van der Waals surface area contributed by atoms with Gasteiger partial charge in [0.25, 0.3) is 0 Å². The van der Waals surface area contributed by atoms with Gasteiger partial charge in [-0.2, -0.15) is 0 Å². The molecule has 0 saturated heterocycles. The predicted octanol–water partition coefficient (Wildman–Crippen LogP) is 6.69. The Morgan fingerprint density at radius 3 is 2.10 bits per heavy atom. The number of hydrogen-bond donors (Lipinski definition) is 1. The minimum absolute atomic E-state index is 0.0104. The molecule has 0 aliphatic carbocycles. The van der Waals surface area contributed by atoms with E-state index in [1.165, 1.54) is 34.0 Å². The Kier molecular flexibility index (Phi) is 18.0. The lowest BCUT2D eigenvalue weighted by molar-refractivity contribution is -0.893. The molecule has 10 heteroatoms. The molecular formula is C42H71N4O6+. The maximum absolute atomic E-state index is 13.9. The van der Waals surface area contributed by atoms with E-state index < -0.39 is 34.6 Å². The van der Waals surface area contributed by atoms with Crippen LogP contribution in [0.5, 0.6) is 0 Å². The molecule has 5 atom stereocenters. The van der Waals surface area contributed by atoms with Crippen LogP contribution in [0, 0.1) is 23.2 Å². The molecule has 52 heavy (non-hydrogen) atoms. The number of ether oxygens (including phenoxy) is 1. The SMILES string of the molecule is CCCCCC[N+](C)(C)CC(O)COC(=O)C(C)(CC)CC(C)Cn1c(=O)n(CC(C)C)c(=O)n(CC(C)/C=C/c2cccc(C(C)CC)c2)c1=O. The summed E-state index contributed by atoms with van der Waals surface area (Å²) in [5, 5.41) is 10.7. The summed E-state index contributed by atoms with van der Waals surface area (Å²) >= 11 is 0. The third-order valence-electron chi connectivity index (χ3n) is 10.4. The summed E-state index contributed by atoms with van der Waals surface area (Å²) in [6.07, 6.45) is 9.76. The first-order valence-electron chi connectivity index (χ1n) is 19.8. The quantitative estimate of drug-likeness (QED) is 0.0776. The third-order valence-corrected chi connectivity index (χ3v) is 10.4. The summed E-state index contributed by atoms with van der Waals surface area (Å²) in [5.74, 6) is -0.365. The van der Waals surface area contributed by atoms with Crippen LogP contribution in [-0.4, -0.2) is 69.2 Å². The molecule has 0 fully saturated rings. The summed E-state index contributed by atoms with van der Waals surface area (Å²) in [6, 6.07) is 8.38. The van der Waals surface area contributed by atoms with E-state index in [0.29, 0.717) is 29.8 Å². The number of likely N-dealkylation sites (N-methyl/N-ethyl adjacent to an activating group) is 1. The Balaban J connectivity index is 2.24. The number of carbonyl (C=O) groups is 1. The van der Waals surface area contributed by atoms with Gasteiger partial charge in [-0.1, -0.05) is 105 Å². The lowest BCUT2D eigenvalue weighted by Gasteiger charge is -2.33. The largest absolute Gasteiger partial charge is 0.462 e. The molecule has 0 saturated carbocycles. The van der Waals surface area contributed by atoms with Gasteiger partial charge < -0.3 is 14.3 Å². The van der Waals surface area contributed by atoms with Gasteiger partial charge in [0.2, 0.25) is 0 Å². The van der Waals surface area contributed by atoms with E-state index in [1.807, 2.05) is 65.8 Å². The van der Waals surface area contributed by atoms with Gasteiger partial charge in [-0.15, -0.1) is 0 Å². The Morgan fingerprint density at radius 2 is 1.52 bits per heavy atom. The highest BCUT2D eigenvalue weighted by molar-refractivity contribution is 5.76. The van der Waals surface area contributed by atoms with Crippen LogP contribution in [0.25, 0.3) is 6.08 Å². The number of allylic oxidation sites excluding steroid dienone is 1. The van der Waals surface area contributed by atoms with Gasteiger partial charge in [-0.3, -0.25) is 4.79 Å². The zero-order chi connectivity index (χ0) is 39.2. The fourth-order valence-electron chi connectivity index (χ4n) is 6.89. The average molecular weight is 728 g/mol. The van der Waals surface area contributed by atoms with Gasteiger partial charge in [0.15, 0.2) is 0 Å². The summed E-state index contributed by atoms with van der Waals surface area (Å²) < 4.78 is 9.84. The van der Waals surface area contributed by atoms with Gasteiger partial charge in [-0.05, 0) is 73.8 Å². The number of rotatable bonds is 23. The van der Waals surface area contributed by atoms with Crippen molar-refractivity contribution in [3.8, 4) is 0 Å². The highest BCUT2D eigenvalue weighted by Gasteiger charge is 2.36. The van der Waals surface area contributed by atoms with Crippen LogP contribution in [0.1, 0.15) is 124 Å². The minimum atomic E-state index is -0.885. The van der Waals surface area contributed by atoms with E-state index in [4.69, 9.17) is 4.74 Å². The molecule has 2 aromatic rings. The van der Waals surface area contributed by atoms with Crippen LogP contribution in [-0.2, 0) is 29.2 Å². The number of hydrogen-bond acceptors (Lipinski definition) is 6. The fraction of sp³-hybridized carbons (Fsp3) is 0.714. The maximum Gasteiger partial charge on any atom is 0.336 e. The van der Waals surface area contributed by atoms with E-state index in [0.717, 1.165) is 29.5 Å². The average Bonchev–Trinajstić information content (AvgIpc) is 3.09. The van der Waals surface area contributed by atoms with E-state index >= 15 is 0 Å². The molecule has 10 nitrogen and oxygen atoms in total. The number of unbranched alkanes of at least 4 members (excludes halogenated alkanes) is 3. The molecule has 294 valence electrons. The molecule has 0 aliphatic heterocycles. The Morgan fingerprint density at radius 1 is 0.904 bits per heavy atom. The molecule has 1 aromatic carbocycles. The number of benzene rings is 1. The van der Waals surface area contributed by atoms with Gasteiger partial charge in [-0.25, -0.2) is 28.1 Å². The van der Waals surface area contributed by atoms with Gasteiger partial charge >= 0.3 is 23.0 Å². The van der Waals surface area contributed by atoms with Crippen molar-refractivity contribution in [3.63, 3.8) is 0 Å². The normalized spacial score (nSPS) is 15.8. The van der Waals surface area contributed by atoms with Gasteiger partial charge in [0, 0.05) is 19.6 Å². The molecule has 1 aromatic heterocycles. The highest BCUT2D eigenvalue weighted by atomic mass is 16.5. The van der Waals surface area contributed by atoms with Crippen LogP contribution < -0.4 is 17.1 Å². The molecule has 2 rings (SSSR count). The Bertz CT molecular complexity index is 1620. The molecule has 5 unspecified atom stereocenters. The number of quaternary nitrogens is 1. The third kappa shape index (κ3) is 13.6. The summed E-state index contributed by atoms with van der Waals surface area (Å²) in [5.41, 5.74) is -0.431. The van der Waals surface area contributed by atoms with Crippen LogP contribution in [0.2, 0.25) is 0 Å². The topological polar surface area (TPSA) is 113 Å². The number of aromatic nitrogens is 3. The lowest BCUT2D eigenvalue weighted by atomic mass is 9.79. The second-order valence-electron chi connectivity index (χ2n) is 16.8. The van der Waals surface area contributed by atoms with Crippen molar-refractivity contribution in [2.45, 2.75) is 139 Å². The maximum atomic E-state index is 13.9. The molecule has 0 bridgehead atoms. The molecule has 1 heterocycles. The number of esters is 1. The summed E-state index contributed by atoms with van der Waals surface area (Å²) in [4.78, 5) is 54.6. The molecular weight excluding hydrogens is 656 g/mol. The number of carbonyl (C=O) groups excluding carboxylic acids is 1. The smallest absolute Gasteiger partial charge is 0.336 e. The Labute approximate surface area is 313 Å². The van der Waals surface area contributed by atoms with Crippen molar-refractivity contribution in [2.75, 3.05) is 33.8 Å². The lowest BCUT2D eigenvalue weighted by Crippen LogP contribution is -2.56. The fourth-order valence-corrected chi connectivity index (χ4v) is 6.89. The van der Waals surface area contributed by atoms with E-state index in [-0.39, 0.29) is 44.0 Å². The first-order chi connectivity index (χ1) is 24.4. The van der Waals surface area contributed by atoms with E-state index in [1.54, 1.807) is 0 Å². The first-order valence-corrected chi connectivity index (χ1v) is 19.8. The standard InChI is InChI=1S/C42H71N4O6/c1-12-15-16-17-23-46(10,11)29-37(47)30-52-38(48)42(9,14-3)25-33(7)28-45-40(50)43(26-31(4)5)39(49)44(41(45)51)27-32(6)21-22-35-19-18-20-36(24-35)34(8)13-2/h18-22,24,31-34,37,47H,12-17,23,25-30H2,1-11H3/q+1/b22-21+. The molecule has 0 spiro atoms. The van der Waals surface area contributed by atoms with Crippen molar-refractivity contribution in [1.82, 2.24) is 13.7 Å². The molecule has 0 amide bonds. The van der Waals surface area contributed by atoms with E-state index in [9.17, 15) is 24.3 Å². The number of aliphatic hydroxyl groups excluding tert-OH is 1. The van der Waals surface area contributed by atoms with Crippen LogP contribution in [0.15, 0.2) is 44.7 Å². The van der Waals surface area contributed by atoms with E-state index in [2.05, 4.69) is 47.0 Å². The zero-order valence-corrected chi connectivity index (χ0v) is 34.3. The van der Waals surface area contributed by atoms with Crippen molar-refractivity contribution in [1.29, 1.82) is 0 Å². The summed E-state index contributed by atoms with van der Waals surface area (Å²) in [6.45, 7) is 19.7. The van der Waals surface area contributed by atoms with Crippen molar-refractivity contribution in [2.24, 2.45) is 23.2 Å². The van der Waals surface area contributed by atoms with Crippen LogP contribution in [0.4, 0.5) is 0 Å². The van der Waals surface area contributed by atoms with Crippen molar-refractivity contribution < 1.29 is 19.1 Å². The van der Waals surface area contributed by atoms with Gasteiger partial charge in [0.05, 0.1) is 26.1 Å². The Hall–Kier alpha value is -3.24. The molecule has 0 radical (unpaired) electrons. The van der Waals surface area contributed by atoms with Crippen LogP contribution in [0.3, 0.4) is 0 Å². The number of nitrogens with zero attached hydrogens (tertiary/aromatic N) is 4. The zero-order valence-electron chi connectivity index (χ0n) is 34.3. The molecule has 0 aliphatic rings. The predicted molar refractivity (Wildman–Crippen MR) is 213 cm³/mol. The van der Waals surface area contributed by atoms with Crippen LogP contribution >= 0.6 is 0 Å².